The molecule has 1 fully saturated rings. The van der Waals surface area contributed by atoms with Crippen LogP contribution in [0.2, 0.25) is 0 Å². The van der Waals surface area contributed by atoms with Crippen molar-refractivity contribution < 1.29 is 9.53 Å². The molecule has 1 aromatic heterocycles. The van der Waals surface area contributed by atoms with Gasteiger partial charge in [-0.3, -0.25) is 9.48 Å². The lowest BCUT2D eigenvalue weighted by Crippen LogP contribution is -2.54. The fourth-order valence-corrected chi connectivity index (χ4v) is 3.78. The minimum absolute atomic E-state index is 0.0301. The Morgan fingerprint density at radius 1 is 1.22 bits per heavy atom. The van der Waals surface area contributed by atoms with Crippen molar-refractivity contribution in [3.8, 4) is 5.75 Å². The zero-order chi connectivity index (χ0) is 18.7. The molecule has 0 atom stereocenters. The molecule has 140 valence electrons. The van der Waals surface area contributed by atoms with E-state index in [4.69, 9.17) is 4.74 Å². The van der Waals surface area contributed by atoms with Crippen molar-refractivity contribution in [1.29, 1.82) is 0 Å². The number of carbonyl (C=O) groups excluding carboxylic acids is 1. The largest absolute Gasteiger partial charge is 0.497 e. The second kappa shape index (κ2) is 7.40. The van der Waals surface area contributed by atoms with Gasteiger partial charge in [0, 0.05) is 18.9 Å². The van der Waals surface area contributed by atoms with E-state index in [1.165, 1.54) is 0 Å². The summed E-state index contributed by atoms with van der Waals surface area (Å²) in [5.74, 6) is 0.873. The number of fused-ring (bicyclic) bond motifs is 1. The second-order valence-electron chi connectivity index (χ2n) is 6.96. The molecular weight excluding hydrogens is 340 g/mol. The minimum atomic E-state index is -0.612. The van der Waals surface area contributed by atoms with Crippen LogP contribution in [0, 0.1) is 0 Å². The van der Waals surface area contributed by atoms with Gasteiger partial charge < -0.3 is 15.4 Å². The van der Waals surface area contributed by atoms with Crippen molar-refractivity contribution >= 4 is 16.7 Å². The Hall–Kier alpha value is -2.86. The van der Waals surface area contributed by atoms with E-state index >= 15 is 0 Å². The van der Waals surface area contributed by atoms with E-state index in [0.29, 0.717) is 6.54 Å². The van der Waals surface area contributed by atoms with Gasteiger partial charge in [0.05, 0.1) is 7.11 Å². The average molecular weight is 364 g/mol. The molecule has 2 aromatic carbocycles. The first-order valence-electron chi connectivity index (χ1n) is 9.27. The van der Waals surface area contributed by atoms with Crippen LogP contribution in [-0.4, -0.2) is 35.9 Å². The summed E-state index contributed by atoms with van der Waals surface area (Å²) in [7, 11) is 1.67. The predicted molar refractivity (Wildman–Crippen MR) is 105 cm³/mol. The Morgan fingerprint density at radius 3 is 2.74 bits per heavy atom. The lowest BCUT2D eigenvalue weighted by molar-refractivity contribution is -0.132. The van der Waals surface area contributed by atoms with Crippen molar-refractivity contribution in [2.24, 2.45) is 0 Å². The van der Waals surface area contributed by atoms with Gasteiger partial charge >= 0.3 is 0 Å². The van der Waals surface area contributed by atoms with Crippen molar-refractivity contribution in [2.45, 2.75) is 24.9 Å². The second-order valence-corrected chi connectivity index (χ2v) is 6.96. The Bertz CT molecular complexity index is 931. The van der Waals surface area contributed by atoms with E-state index in [0.717, 1.165) is 48.0 Å². The molecule has 6 nitrogen and oxygen atoms in total. The van der Waals surface area contributed by atoms with Gasteiger partial charge in [0.1, 0.15) is 11.3 Å². The third kappa shape index (κ3) is 3.40. The normalized spacial score (nSPS) is 16.2. The van der Waals surface area contributed by atoms with Crippen LogP contribution in [0.4, 0.5) is 0 Å². The molecular formula is C21H24N4O2. The topological polar surface area (TPSA) is 68.2 Å². The summed E-state index contributed by atoms with van der Waals surface area (Å²) in [6.07, 6.45) is 5.08. The number of aromatic nitrogens is 2. The molecule has 1 aliphatic heterocycles. The third-order valence-electron chi connectivity index (χ3n) is 5.36. The van der Waals surface area contributed by atoms with Crippen molar-refractivity contribution in [1.82, 2.24) is 20.4 Å². The molecule has 0 aliphatic carbocycles. The Labute approximate surface area is 158 Å². The van der Waals surface area contributed by atoms with Crippen LogP contribution < -0.4 is 15.4 Å². The summed E-state index contributed by atoms with van der Waals surface area (Å²) < 4.78 is 7.09. The molecule has 0 unspecified atom stereocenters. The fraction of sp³-hybridized carbons (Fsp3) is 0.333. The average Bonchev–Trinajstić information content (AvgIpc) is 3.27. The fourth-order valence-electron chi connectivity index (χ4n) is 3.78. The van der Waals surface area contributed by atoms with Crippen LogP contribution in [0.25, 0.3) is 10.8 Å². The number of carbonyl (C=O) groups is 1. The highest BCUT2D eigenvalue weighted by atomic mass is 16.5. The highest BCUT2D eigenvalue weighted by Crippen LogP contribution is 2.27. The summed E-state index contributed by atoms with van der Waals surface area (Å²) >= 11 is 0. The molecule has 3 aromatic rings. The first-order valence-corrected chi connectivity index (χ1v) is 9.27. The molecule has 27 heavy (non-hydrogen) atoms. The molecule has 0 bridgehead atoms. The van der Waals surface area contributed by atoms with E-state index in [1.807, 2.05) is 41.2 Å². The lowest BCUT2D eigenvalue weighted by atomic mass is 9.87. The van der Waals surface area contributed by atoms with Crippen LogP contribution >= 0.6 is 0 Å². The summed E-state index contributed by atoms with van der Waals surface area (Å²) in [5.41, 5.74) is 0.462. The molecule has 0 saturated carbocycles. The van der Waals surface area contributed by atoms with Crippen LogP contribution in [0.3, 0.4) is 0 Å². The zero-order valence-electron chi connectivity index (χ0n) is 15.4. The van der Waals surface area contributed by atoms with Crippen LogP contribution in [0.1, 0.15) is 18.4 Å². The standard InChI is InChI=1S/C21H24N4O2/c1-27-19-6-5-17-13-16(3-4-18(17)14-19)15-23-20(26)21(7-10-22-11-8-21)25-12-2-9-24-25/h2-6,9,12-14,22H,7-8,10-11,15H2,1H3,(H,23,26). The third-order valence-corrected chi connectivity index (χ3v) is 5.36. The van der Waals surface area contributed by atoms with Gasteiger partial charge in [-0.1, -0.05) is 18.2 Å². The van der Waals surface area contributed by atoms with Gasteiger partial charge in [0.2, 0.25) is 5.91 Å². The lowest BCUT2D eigenvalue weighted by Gasteiger charge is -2.36. The van der Waals surface area contributed by atoms with Crippen LogP contribution in [0.15, 0.2) is 54.9 Å². The number of nitrogens with one attached hydrogen (secondary N) is 2. The van der Waals surface area contributed by atoms with Crippen molar-refractivity contribution in [2.75, 3.05) is 20.2 Å². The number of rotatable bonds is 5. The monoisotopic (exact) mass is 364 g/mol. The molecule has 1 amide bonds. The SMILES string of the molecule is COc1ccc2cc(CNC(=O)C3(n4cccn4)CCNCC3)ccc2c1. The number of ether oxygens (including phenoxy) is 1. The first kappa shape index (κ1) is 17.5. The van der Waals surface area contributed by atoms with Gasteiger partial charge in [-0.15, -0.1) is 0 Å². The van der Waals surface area contributed by atoms with Gasteiger partial charge in [0.25, 0.3) is 0 Å². The molecule has 2 heterocycles. The summed E-state index contributed by atoms with van der Waals surface area (Å²) in [6, 6.07) is 14.1. The number of amides is 1. The number of nitrogens with zero attached hydrogens (tertiary/aromatic N) is 2. The van der Waals surface area contributed by atoms with E-state index in [1.54, 1.807) is 13.3 Å². The van der Waals surface area contributed by atoms with Gasteiger partial charge in [-0.2, -0.15) is 5.10 Å². The number of hydrogen-bond donors (Lipinski definition) is 2. The zero-order valence-corrected chi connectivity index (χ0v) is 15.4. The van der Waals surface area contributed by atoms with E-state index in [9.17, 15) is 4.79 Å². The maximum atomic E-state index is 13.1. The Morgan fingerprint density at radius 2 is 2.00 bits per heavy atom. The molecule has 1 aliphatic rings. The van der Waals surface area contributed by atoms with E-state index < -0.39 is 5.54 Å². The van der Waals surface area contributed by atoms with E-state index in [-0.39, 0.29) is 5.91 Å². The van der Waals surface area contributed by atoms with Crippen LogP contribution in [0.5, 0.6) is 5.75 Å². The Balaban J connectivity index is 1.51. The Kier molecular flexibility index (Phi) is 4.81. The molecule has 0 spiro atoms. The van der Waals surface area contributed by atoms with Crippen molar-refractivity contribution in [3.05, 3.63) is 60.4 Å². The maximum absolute atomic E-state index is 13.1. The summed E-state index contributed by atoms with van der Waals surface area (Å²) in [5, 5.41) is 13.1. The molecule has 4 rings (SSSR count). The number of hydrogen-bond acceptors (Lipinski definition) is 4. The maximum Gasteiger partial charge on any atom is 0.248 e. The minimum Gasteiger partial charge on any atom is -0.497 e. The van der Waals surface area contributed by atoms with Gasteiger partial charge in [-0.25, -0.2) is 0 Å². The number of methoxy groups -OCH3 is 1. The summed E-state index contributed by atoms with van der Waals surface area (Å²) in [6.45, 7) is 2.12. The molecule has 0 radical (unpaired) electrons. The van der Waals surface area contributed by atoms with Gasteiger partial charge in [-0.05, 0) is 66.5 Å². The smallest absolute Gasteiger partial charge is 0.248 e. The molecule has 6 heteroatoms. The first-order chi connectivity index (χ1) is 13.2. The predicted octanol–water partition coefficient (Wildman–Crippen LogP) is 2.44. The van der Waals surface area contributed by atoms with Crippen molar-refractivity contribution in [3.63, 3.8) is 0 Å². The highest BCUT2D eigenvalue weighted by Gasteiger charge is 2.41. The van der Waals surface area contributed by atoms with Crippen LogP contribution in [-0.2, 0) is 16.9 Å². The summed E-state index contributed by atoms with van der Waals surface area (Å²) in [4.78, 5) is 13.1. The molecule has 2 N–H and O–H groups in total. The number of benzene rings is 2. The number of piperidine rings is 1. The van der Waals surface area contributed by atoms with E-state index in [2.05, 4.69) is 27.9 Å². The highest BCUT2D eigenvalue weighted by molar-refractivity contribution is 5.86. The van der Waals surface area contributed by atoms with Gasteiger partial charge in [0.15, 0.2) is 0 Å². The molecule has 1 saturated heterocycles. The quantitative estimate of drug-likeness (QED) is 0.730.